The van der Waals surface area contributed by atoms with E-state index in [1.807, 2.05) is 35.0 Å². The number of rotatable bonds is 8. The number of hydrogen-bond acceptors (Lipinski definition) is 5. The third kappa shape index (κ3) is 4.42. The number of amides is 1. The van der Waals surface area contributed by atoms with E-state index in [1.165, 1.54) is 0 Å². The lowest BCUT2D eigenvalue weighted by Crippen LogP contribution is -2.46. The predicted octanol–water partition coefficient (Wildman–Crippen LogP) is 1.90. The number of carbonyl (C=O) groups excluding carboxylic acids is 1. The number of hydrogen-bond donors (Lipinski definition) is 1. The molecule has 2 heterocycles. The van der Waals surface area contributed by atoms with Crippen molar-refractivity contribution in [2.45, 2.75) is 32.1 Å². The fourth-order valence-electron chi connectivity index (χ4n) is 3.85. The molecule has 2 aromatic rings. The van der Waals surface area contributed by atoms with Crippen LogP contribution in [0, 0.1) is 0 Å². The summed E-state index contributed by atoms with van der Waals surface area (Å²) in [7, 11) is 0. The molecule has 0 unspecified atom stereocenters. The van der Waals surface area contributed by atoms with Crippen LogP contribution in [0.3, 0.4) is 0 Å². The highest BCUT2D eigenvalue weighted by Crippen LogP contribution is 2.41. The highest BCUT2D eigenvalue weighted by atomic mass is 16.2. The van der Waals surface area contributed by atoms with Gasteiger partial charge < -0.3 is 15.1 Å². The predicted molar refractivity (Wildman–Crippen MR) is 109 cm³/mol. The van der Waals surface area contributed by atoms with Gasteiger partial charge in [0, 0.05) is 38.6 Å². The summed E-state index contributed by atoms with van der Waals surface area (Å²) in [5.74, 6) is 0.297. The van der Waals surface area contributed by atoms with E-state index in [0.717, 1.165) is 69.9 Å². The van der Waals surface area contributed by atoms with Crippen molar-refractivity contribution in [1.29, 1.82) is 0 Å². The van der Waals surface area contributed by atoms with Crippen molar-refractivity contribution >= 4 is 5.91 Å². The van der Waals surface area contributed by atoms with E-state index in [1.54, 1.807) is 0 Å². The minimum Gasteiger partial charge on any atom is -0.351 e. The SMILES string of the molecule is CCN1CCN(CCCNC(=O)c2nnn(-c3ccccc3)c2C2CC2)CC1. The van der Waals surface area contributed by atoms with Crippen LogP contribution in [0.5, 0.6) is 0 Å². The molecule has 1 saturated carbocycles. The summed E-state index contributed by atoms with van der Waals surface area (Å²) < 4.78 is 1.83. The van der Waals surface area contributed by atoms with Crippen LogP contribution in [-0.2, 0) is 0 Å². The second kappa shape index (κ2) is 8.84. The monoisotopic (exact) mass is 382 g/mol. The number of aromatic nitrogens is 3. The smallest absolute Gasteiger partial charge is 0.273 e. The third-order valence-corrected chi connectivity index (χ3v) is 5.73. The Hall–Kier alpha value is -2.25. The molecule has 1 aromatic carbocycles. The molecule has 1 aliphatic heterocycles. The lowest BCUT2D eigenvalue weighted by atomic mass is 10.2. The molecule has 1 aromatic heterocycles. The van der Waals surface area contributed by atoms with Gasteiger partial charge in [-0.05, 0) is 44.5 Å². The molecule has 7 heteroatoms. The van der Waals surface area contributed by atoms with Crippen LogP contribution in [0.2, 0.25) is 0 Å². The Morgan fingerprint density at radius 3 is 2.50 bits per heavy atom. The first kappa shape index (κ1) is 19.1. The average molecular weight is 383 g/mol. The van der Waals surface area contributed by atoms with Crippen LogP contribution in [0.25, 0.3) is 5.69 Å². The summed E-state index contributed by atoms with van der Waals surface area (Å²) in [5, 5.41) is 11.6. The zero-order valence-electron chi connectivity index (χ0n) is 16.7. The van der Waals surface area contributed by atoms with E-state index >= 15 is 0 Å². The number of likely N-dealkylation sites (N-methyl/N-ethyl adjacent to an activating group) is 1. The fraction of sp³-hybridized carbons (Fsp3) is 0.571. The van der Waals surface area contributed by atoms with Gasteiger partial charge in [0.1, 0.15) is 0 Å². The summed E-state index contributed by atoms with van der Waals surface area (Å²) in [4.78, 5) is 17.7. The molecule has 0 atom stereocenters. The lowest BCUT2D eigenvalue weighted by Gasteiger charge is -2.33. The Bertz CT molecular complexity index is 777. The second-order valence-corrected chi connectivity index (χ2v) is 7.73. The Morgan fingerprint density at radius 1 is 1.11 bits per heavy atom. The van der Waals surface area contributed by atoms with Gasteiger partial charge in [-0.15, -0.1) is 5.10 Å². The number of piperazine rings is 1. The topological polar surface area (TPSA) is 66.3 Å². The molecule has 1 saturated heterocycles. The number of nitrogens with zero attached hydrogens (tertiary/aromatic N) is 5. The summed E-state index contributed by atoms with van der Waals surface area (Å²) in [6.07, 6.45) is 3.16. The van der Waals surface area contributed by atoms with Gasteiger partial charge in [0.25, 0.3) is 5.91 Å². The van der Waals surface area contributed by atoms with Crippen molar-refractivity contribution in [3.05, 3.63) is 41.7 Å². The Balaban J connectivity index is 1.31. The van der Waals surface area contributed by atoms with Crippen LogP contribution >= 0.6 is 0 Å². The van der Waals surface area contributed by atoms with Crippen molar-refractivity contribution in [1.82, 2.24) is 30.1 Å². The van der Waals surface area contributed by atoms with Crippen LogP contribution < -0.4 is 5.32 Å². The molecule has 2 aliphatic rings. The molecule has 1 N–H and O–H groups in total. The molecule has 0 spiro atoms. The van der Waals surface area contributed by atoms with E-state index in [2.05, 4.69) is 32.4 Å². The van der Waals surface area contributed by atoms with E-state index in [9.17, 15) is 4.79 Å². The summed E-state index contributed by atoms with van der Waals surface area (Å²) in [6, 6.07) is 9.94. The minimum absolute atomic E-state index is 0.0973. The molecule has 2 fully saturated rings. The van der Waals surface area contributed by atoms with E-state index < -0.39 is 0 Å². The van der Waals surface area contributed by atoms with E-state index in [-0.39, 0.29) is 5.91 Å². The van der Waals surface area contributed by atoms with Crippen LogP contribution in [0.1, 0.15) is 48.3 Å². The number of carbonyl (C=O) groups is 1. The lowest BCUT2D eigenvalue weighted by molar-refractivity contribution is 0.0942. The normalized spacial score (nSPS) is 18.3. The van der Waals surface area contributed by atoms with Crippen LogP contribution in [0.15, 0.2) is 30.3 Å². The molecule has 4 rings (SSSR count). The number of nitrogens with one attached hydrogen (secondary N) is 1. The van der Waals surface area contributed by atoms with Crippen molar-refractivity contribution in [2.24, 2.45) is 0 Å². The fourth-order valence-corrected chi connectivity index (χ4v) is 3.85. The molecule has 0 bridgehead atoms. The van der Waals surface area contributed by atoms with Gasteiger partial charge in [0.2, 0.25) is 0 Å². The zero-order valence-corrected chi connectivity index (χ0v) is 16.7. The molecule has 7 nitrogen and oxygen atoms in total. The molecular weight excluding hydrogens is 352 g/mol. The molecule has 0 radical (unpaired) electrons. The minimum atomic E-state index is -0.0973. The Morgan fingerprint density at radius 2 is 1.82 bits per heavy atom. The van der Waals surface area contributed by atoms with E-state index in [0.29, 0.717) is 18.2 Å². The van der Waals surface area contributed by atoms with Gasteiger partial charge in [-0.2, -0.15) is 0 Å². The molecule has 1 amide bonds. The Kier molecular flexibility index (Phi) is 6.02. The summed E-state index contributed by atoms with van der Waals surface area (Å²) >= 11 is 0. The highest BCUT2D eigenvalue weighted by molar-refractivity contribution is 5.93. The quantitative estimate of drug-likeness (QED) is 0.707. The van der Waals surface area contributed by atoms with Gasteiger partial charge in [-0.1, -0.05) is 30.3 Å². The average Bonchev–Trinajstić information content (AvgIpc) is 3.49. The van der Waals surface area contributed by atoms with Gasteiger partial charge in [-0.3, -0.25) is 4.79 Å². The number of benzene rings is 1. The first-order chi connectivity index (χ1) is 13.8. The van der Waals surface area contributed by atoms with Gasteiger partial charge >= 0.3 is 0 Å². The largest absolute Gasteiger partial charge is 0.351 e. The van der Waals surface area contributed by atoms with Crippen molar-refractivity contribution in [3.63, 3.8) is 0 Å². The standard InChI is InChI=1S/C21H30N6O/c1-2-25-13-15-26(16-14-25)12-6-11-22-21(28)19-20(17-9-10-17)27(24-23-19)18-7-4-3-5-8-18/h3-5,7-8,17H,2,6,9-16H2,1H3,(H,22,28). The van der Waals surface area contributed by atoms with Crippen LogP contribution in [-0.4, -0.2) is 76.5 Å². The molecule has 1 aliphatic carbocycles. The summed E-state index contributed by atoms with van der Waals surface area (Å²) in [6.45, 7) is 9.61. The molecule has 150 valence electrons. The first-order valence-electron chi connectivity index (χ1n) is 10.5. The maximum absolute atomic E-state index is 12.7. The third-order valence-electron chi connectivity index (χ3n) is 5.73. The van der Waals surface area contributed by atoms with E-state index in [4.69, 9.17) is 0 Å². The molecular formula is C21H30N6O. The van der Waals surface area contributed by atoms with Crippen LogP contribution in [0.4, 0.5) is 0 Å². The number of para-hydroxylation sites is 1. The summed E-state index contributed by atoms with van der Waals surface area (Å²) in [5.41, 5.74) is 2.41. The van der Waals surface area contributed by atoms with Gasteiger partial charge in [0.15, 0.2) is 5.69 Å². The maximum Gasteiger partial charge on any atom is 0.273 e. The Labute approximate surface area is 166 Å². The van der Waals surface area contributed by atoms with Gasteiger partial charge in [0.05, 0.1) is 11.4 Å². The van der Waals surface area contributed by atoms with Crippen molar-refractivity contribution in [2.75, 3.05) is 45.8 Å². The zero-order chi connectivity index (χ0) is 19.3. The van der Waals surface area contributed by atoms with Gasteiger partial charge in [-0.25, -0.2) is 4.68 Å². The second-order valence-electron chi connectivity index (χ2n) is 7.73. The van der Waals surface area contributed by atoms with Crippen molar-refractivity contribution < 1.29 is 4.79 Å². The molecule has 28 heavy (non-hydrogen) atoms. The van der Waals surface area contributed by atoms with Crippen molar-refractivity contribution in [3.8, 4) is 5.69 Å². The first-order valence-corrected chi connectivity index (χ1v) is 10.5. The maximum atomic E-state index is 12.7. The highest BCUT2D eigenvalue weighted by Gasteiger charge is 2.34.